The van der Waals surface area contributed by atoms with Gasteiger partial charge in [-0.2, -0.15) is 0 Å². The van der Waals surface area contributed by atoms with Gasteiger partial charge in [-0.3, -0.25) is 4.90 Å². The lowest BCUT2D eigenvalue weighted by atomic mass is 9.75. The molecule has 0 radical (unpaired) electrons. The number of rotatable bonds is 3. The van der Waals surface area contributed by atoms with Crippen molar-refractivity contribution in [1.29, 1.82) is 0 Å². The fraction of sp³-hybridized carbons (Fsp3) is 0.700. The van der Waals surface area contributed by atoms with Gasteiger partial charge in [0.15, 0.2) is 11.5 Å². The van der Waals surface area contributed by atoms with E-state index < -0.39 is 81.2 Å². The van der Waals surface area contributed by atoms with Crippen LogP contribution in [0, 0.1) is 11.3 Å². The molecule has 3 unspecified atom stereocenters. The first kappa shape index (κ1) is 5.88. The molecule has 1 aromatic rings. The fourth-order valence-electron chi connectivity index (χ4n) is 2.70. The number of hydrogen-bond acceptors (Lipinski definition) is 4. The van der Waals surface area contributed by atoms with Gasteiger partial charge in [-0.25, -0.2) is 0 Å². The molecule has 1 aromatic carbocycles. The average Bonchev–Trinajstić information content (AvgIpc) is 2.79. The second kappa shape index (κ2) is 6.57. The minimum Gasteiger partial charge on any atom is -0.493 e. The Morgan fingerprint density at radius 2 is 2.25 bits per heavy atom. The van der Waals surface area contributed by atoms with Gasteiger partial charge >= 0.3 is 0 Å². The van der Waals surface area contributed by atoms with Crippen molar-refractivity contribution in [2.24, 2.45) is 11.3 Å². The summed E-state index contributed by atoms with van der Waals surface area (Å²) >= 11 is 0. The summed E-state index contributed by atoms with van der Waals surface area (Å²) in [5.74, 6) is -4.93. The van der Waals surface area contributed by atoms with Crippen LogP contribution >= 0.6 is 0 Å². The van der Waals surface area contributed by atoms with E-state index in [-0.39, 0.29) is 17.7 Å². The summed E-state index contributed by atoms with van der Waals surface area (Å²) in [6, 6.07) is -1.15. The fourth-order valence-corrected chi connectivity index (χ4v) is 2.70. The van der Waals surface area contributed by atoms with Crippen molar-refractivity contribution >= 4 is 0 Å². The predicted molar refractivity (Wildman–Crippen MR) is 95.7 cm³/mol. The van der Waals surface area contributed by atoms with Crippen LogP contribution < -0.4 is 9.47 Å². The smallest absolute Gasteiger partial charge is 0.161 e. The molecule has 0 aliphatic carbocycles. The van der Waals surface area contributed by atoms with Crippen LogP contribution in [0.25, 0.3) is 0 Å². The highest BCUT2D eigenvalue weighted by Gasteiger charge is 2.39. The molecular formula is C20H31NO3. The van der Waals surface area contributed by atoms with E-state index in [1.54, 1.807) is 0 Å². The third-order valence-electron chi connectivity index (χ3n) is 3.72. The maximum absolute atomic E-state index is 11.5. The van der Waals surface area contributed by atoms with Crippen molar-refractivity contribution < 1.29 is 39.3 Å². The van der Waals surface area contributed by atoms with E-state index in [1.165, 1.54) is 13.2 Å². The van der Waals surface area contributed by atoms with Gasteiger partial charge < -0.3 is 14.6 Å². The summed E-state index contributed by atoms with van der Waals surface area (Å²) in [5, 5.41) is 11.5. The van der Waals surface area contributed by atoms with Crippen LogP contribution in [0.1, 0.15) is 75.2 Å². The monoisotopic (exact) mass is 351 g/mol. The maximum atomic E-state index is 11.5. The highest BCUT2D eigenvalue weighted by Crippen LogP contribution is 2.44. The van der Waals surface area contributed by atoms with Crippen molar-refractivity contribution in [3.63, 3.8) is 0 Å². The molecule has 1 fully saturated rings. The average molecular weight is 352 g/mol. The van der Waals surface area contributed by atoms with Gasteiger partial charge in [-0.05, 0) is 53.7 Å². The molecule has 2 aliphatic rings. The maximum Gasteiger partial charge on any atom is 0.161 e. The molecule has 4 heteroatoms. The van der Waals surface area contributed by atoms with Gasteiger partial charge in [-0.1, -0.05) is 20.6 Å². The van der Waals surface area contributed by atoms with Crippen molar-refractivity contribution in [3.8, 4) is 11.5 Å². The molecule has 1 saturated heterocycles. The van der Waals surface area contributed by atoms with Gasteiger partial charge in [0, 0.05) is 36.9 Å². The molecule has 24 heavy (non-hydrogen) atoms. The lowest BCUT2D eigenvalue weighted by molar-refractivity contribution is -0.0259. The predicted octanol–water partition coefficient (Wildman–Crippen LogP) is 3.42. The summed E-state index contributed by atoms with van der Waals surface area (Å²) in [6.07, 6.45) is -12.7. The Hall–Kier alpha value is -1.26. The topological polar surface area (TPSA) is 41.9 Å². The zero-order chi connectivity index (χ0) is 33.1. The lowest BCUT2D eigenvalue weighted by Gasteiger charge is -2.47. The number of piperidine rings is 1. The van der Waals surface area contributed by atoms with E-state index >= 15 is 0 Å². The van der Waals surface area contributed by atoms with Crippen LogP contribution in [-0.2, 0) is 6.42 Å². The van der Waals surface area contributed by atoms with E-state index in [2.05, 4.69) is 0 Å². The van der Waals surface area contributed by atoms with E-state index in [0.717, 1.165) is 6.07 Å². The first-order valence-corrected chi connectivity index (χ1v) is 7.27. The number of nitrogens with zero attached hydrogens (tertiary/aromatic N) is 1. The molecule has 3 atom stereocenters. The Morgan fingerprint density at radius 3 is 2.96 bits per heavy atom. The van der Waals surface area contributed by atoms with E-state index in [0.29, 0.717) is 11.8 Å². The number of methoxy groups -OCH3 is 2. The largest absolute Gasteiger partial charge is 0.493 e. The molecule has 2 aliphatic heterocycles. The number of benzene rings is 1. The minimum atomic E-state index is -4.36. The second-order valence-electron chi connectivity index (χ2n) is 5.72. The van der Waals surface area contributed by atoms with Crippen LogP contribution in [0.15, 0.2) is 12.1 Å². The summed E-state index contributed by atoms with van der Waals surface area (Å²) in [6.45, 7) is -11.7. The third kappa shape index (κ3) is 3.40. The molecule has 4 nitrogen and oxygen atoms in total. The van der Waals surface area contributed by atoms with E-state index in [9.17, 15) is 6.48 Å². The normalized spacial score (nSPS) is 54.0. The number of ether oxygens (including phenoxy) is 2. The van der Waals surface area contributed by atoms with Gasteiger partial charge in [-0.15, -0.1) is 0 Å². The Balaban J connectivity index is 2.45. The highest BCUT2D eigenvalue weighted by molar-refractivity contribution is 5.49. The molecule has 134 valence electrons. The summed E-state index contributed by atoms with van der Waals surface area (Å²) in [4.78, 5) is 0.321. The Bertz CT molecular complexity index is 1220. The van der Waals surface area contributed by atoms with Gasteiger partial charge in [0.1, 0.15) is 0 Å². The Labute approximate surface area is 171 Å². The molecule has 0 amide bonds. The van der Waals surface area contributed by atoms with Crippen LogP contribution in [-0.4, -0.2) is 43.3 Å². The standard InChI is InChI=1S/C20H31NO3/c1-20(2,3)11-14-12-21-7-6-13-8-18(23-4)19(24-5)9-15(13)16(21)10-17(14)22/h8-9,14,16-17,22H,6-7,10-12H2,1-5H3/i1D3,2D3,5D3,10D2,11D2,12D2,14D,16D,17D. The molecule has 2 heterocycles. The molecule has 0 spiro atoms. The minimum absolute atomic E-state index is 0.0850. The Morgan fingerprint density at radius 1 is 1.46 bits per heavy atom. The Kier molecular flexibility index (Phi) is 1.61. The van der Waals surface area contributed by atoms with E-state index in [4.69, 9.17) is 32.8 Å². The van der Waals surface area contributed by atoms with Gasteiger partial charge in [0.2, 0.25) is 0 Å². The molecule has 0 aromatic heterocycles. The SMILES string of the molecule is [2H]C([2H])([2H])Oc1cc2c(cc1OC)CCN1C([2H])([2H])C([2H])(C([2H])([2H])C(C)(C([2H])([2H])[2H])C([2H])([2H])[2H])C([2H])(O)C([2H])([2H])C21[2H]. The highest BCUT2D eigenvalue weighted by atomic mass is 16.5. The zero-order valence-electron chi connectivity index (χ0n) is 31.3. The first-order chi connectivity index (χ1) is 18.4. The molecule has 0 saturated carbocycles. The van der Waals surface area contributed by atoms with Crippen LogP contribution in [0.5, 0.6) is 11.5 Å². The molecular weight excluding hydrogens is 302 g/mol. The second-order valence-corrected chi connectivity index (χ2v) is 5.72. The first-order valence-electron chi connectivity index (χ1n) is 16.3. The number of aliphatic hydroxyl groups is 1. The molecule has 3 rings (SSSR count). The van der Waals surface area contributed by atoms with Crippen LogP contribution in [0.2, 0.25) is 0 Å². The van der Waals surface area contributed by atoms with Crippen LogP contribution in [0.3, 0.4) is 0 Å². The summed E-state index contributed by atoms with van der Waals surface area (Å²) < 4.78 is 160. The molecule has 0 bridgehead atoms. The zero-order valence-corrected chi connectivity index (χ0v) is 13.3. The van der Waals surface area contributed by atoms with Crippen molar-refractivity contribution in [2.75, 3.05) is 27.2 Å². The quantitative estimate of drug-likeness (QED) is 0.906. The number of hydrogen-bond donors (Lipinski definition) is 1. The third-order valence-corrected chi connectivity index (χ3v) is 3.72. The molecule has 1 N–H and O–H groups in total. The summed E-state index contributed by atoms with van der Waals surface area (Å²) in [5.41, 5.74) is -4.07. The van der Waals surface area contributed by atoms with Gasteiger partial charge in [0.25, 0.3) is 0 Å². The van der Waals surface area contributed by atoms with Crippen molar-refractivity contribution in [1.82, 2.24) is 4.90 Å². The van der Waals surface area contributed by atoms with Gasteiger partial charge in [0.05, 0.1) is 27.1 Å². The van der Waals surface area contributed by atoms with Crippen molar-refractivity contribution in [3.05, 3.63) is 23.3 Å². The van der Waals surface area contributed by atoms with E-state index in [1.807, 2.05) is 0 Å². The van der Waals surface area contributed by atoms with Crippen molar-refractivity contribution in [2.45, 2.75) is 51.9 Å². The summed E-state index contributed by atoms with van der Waals surface area (Å²) in [7, 11) is -1.90. The lowest BCUT2D eigenvalue weighted by Crippen LogP contribution is -2.48. The van der Waals surface area contributed by atoms with Crippen LogP contribution in [0.4, 0.5) is 0 Å². The number of fused-ring (bicyclic) bond motifs is 3.